The van der Waals surface area contributed by atoms with Crippen molar-refractivity contribution >= 4 is 11.0 Å². The minimum atomic E-state index is -0.570. The summed E-state index contributed by atoms with van der Waals surface area (Å²) in [4.78, 5) is 0. The van der Waals surface area contributed by atoms with Gasteiger partial charge in [-0.15, -0.1) is 0 Å². The van der Waals surface area contributed by atoms with Crippen molar-refractivity contribution in [1.82, 2.24) is 10.5 Å². The molecule has 1 aliphatic carbocycles. The Kier molecular flexibility index (Phi) is 6.77. The number of hydrogen-bond donors (Lipinski definition) is 2. The van der Waals surface area contributed by atoms with Crippen molar-refractivity contribution in [3.05, 3.63) is 59.9 Å². The Morgan fingerprint density at radius 2 is 2.03 bits per heavy atom. The summed E-state index contributed by atoms with van der Waals surface area (Å²) in [5, 5.41) is 18.3. The molecule has 30 heavy (non-hydrogen) atoms. The molecule has 1 aliphatic rings. The molecule has 5 nitrogen and oxygen atoms in total. The lowest BCUT2D eigenvalue weighted by Crippen LogP contribution is -2.32. The predicted molar refractivity (Wildman–Crippen MR) is 115 cm³/mol. The summed E-state index contributed by atoms with van der Waals surface area (Å²) in [6, 6.07) is 11.8. The number of rotatable bonds is 9. The second kappa shape index (κ2) is 9.87. The Bertz CT molecular complexity index is 997. The van der Waals surface area contributed by atoms with Crippen LogP contribution in [0.2, 0.25) is 0 Å². The standard InChI is InChI=1S/C24H27FN2O3/c25-19-8-11-22-23(14-19)30-27-24(22)18-6-9-21(10-7-18)29-16-20(28)15-26-13-12-17-4-2-1-3-5-17/h4,6-11,14,20,26,28H,1-3,5,12-13,15-16H2/t20-/m0/s1. The molecule has 0 unspecified atom stereocenters. The molecular formula is C24H27FN2O3. The average Bonchev–Trinajstić information content (AvgIpc) is 3.19. The van der Waals surface area contributed by atoms with Gasteiger partial charge in [0.1, 0.15) is 30.0 Å². The maximum Gasteiger partial charge on any atom is 0.170 e. The van der Waals surface area contributed by atoms with Crippen LogP contribution in [0.3, 0.4) is 0 Å². The van der Waals surface area contributed by atoms with Gasteiger partial charge in [-0.2, -0.15) is 0 Å². The van der Waals surface area contributed by atoms with Crippen molar-refractivity contribution in [1.29, 1.82) is 0 Å². The highest BCUT2D eigenvalue weighted by Crippen LogP contribution is 2.29. The molecule has 0 saturated carbocycles. The van der Waals surface area contributed by atoms with Gasteiger partial charge < -0.3 is 19.7 Å². The van der Waals surface area contributed by atoms with E-state index in [1.54, 1.807) is 6.07 Å². The van der Waals surface area contributed by atoms with Crippen LogP contribution in [-0.2, 0) is 0 Å². The molecular weight excluding hydrogens is 383 g/mol. The third-order valence-corrected chi connectivity index (χ3v) is 5.39. The molecule has 0 saturated heterocycles. The van der Waals surface area contributed by atoms with Crippen molar-refractivity contribution in [2.75, 3.05) is 19.7 Å². The zero-order valence-electron chi connectivity index (χ0n) is 16.9. The summed E-state index contributed by atoms with van der Waals surface area (Å²) in [5.74, 6) is 0.317. The SMILES string of the molecule is O[C@@H](CNCCC1=CCCCC1)COc1ccc(-c2noc3cc(F)ccc23)cc1. The predicted octanol–water partition coefficient (Wildman–Crippen LogP) is 4.85. The molecule has 158 valence electrons. The first-order valence-electron chi connectivity index (χ1n) is 10.5. The summed E-state index contributed by atoms with van der Waals surface area (Å²) in [6.45, 7) is 1.61. The van der Waals surface area contributed by atoms with Crippen LogP contribution in [-0.4, -0.2) is 36.1 Å². The molecule has 0 radical (unpaired) electrons. The highest BCUT2D eigenvalue weighted by atomic mass is 19.1. The monoisotopic (exact) mass is 410 g/mol. The van der Waals surface area contributed by atoms with E-state index in [0.29, 0.717) is 23.6 Å². The van der Waals surface area contributed by atoms with Crippen LogP contribution in [0.4, 0.5) is 4.39 Å². The van der Waals surface area contributed by atoms with Gasteiger partial charge in [0.05, 0.1) is 0 Å². The fourth-order valence-corrected chi connectivity index (χ4v) is 3.73. The van der Waals surface area contributed by atoms with Crippen LogP contribution in [0.15, 0.2) is 58.6 Å². The summed E-state index contributed by atoms with van der Waals surface area (Å²) in [7, 11) is 0. The smallest absolute Gasteiger partial charge is 0.170 e. The third kappa shape index (κ3) is 5.26. The minimum absolute atomic E-state index is 0.223. The van der Waals surface area contributed by atoms with Crippen molar-refractivity contribution in [2.45, 2.75) is 38.2 Å². The van der Waals surface area contributed by atoms with E-state index in [1.165, 1.54) is 43.4 Å². The number of nitrogens with zero attached hydrogens (tertiary/aromatic N) is 1. The minimum Gasteiger partial charge on any atom is -0.491 e. The van der Waals surface area contributed by atoms with Crippen molar-refractivity contribution in [3.8, 4) is 17.0 Å². The number of aliphatic hydroxyl groups excluding tert-OH is 1. The molecule has 0 spiro atoms. The third-order valence-electron chi connectivity index (χ3n) is 5.39. The van der Waals surface area contributed by atoms with Gasteiger partial charge in [-0.3, -0.25) is 0 Å². The summed E-state index contributed by atoms with van der Waals surface area (Å²) < 4.78 is 24.2. The normalized spacial score (nSPS) is 15.2. The highest BCUT2D eigenvalue weighted by Gasteiger charge is 2.12. The number of aliphatic hydroxyl groups is 1. The van der Waals surface area contributed by atoms with Gasteiger partial charge in [-0.05, 0) is 75.0 Å². The number of aromatic nitrogens is 1. The molecule has 4 rings (SSSR count). The Hall–Kier alpha value is -2.70. The van der Waals surface area contributed by atoms with Crippen LogP contribution in [0.5, 0.6) is 5.75 Å². The molecule has 2 N–H and O–H groups in total. The van der Waals surface area contributed by atoms with E-state index in [2.05, 4.69) is 16.5 Å². The Labute approximate surface area is 175 Å². The van der Waals surface area contributed by atoms with Crippen LogP contribution in [0.1, 0.15) is 32.1 Å². The number of nitrogens with one attached hydrogen (secondary N) is 1. The van der Waals surface area contributed by atoms with Crippen LogP contribution in [0, 0.1) is 5.82 Å². The molecule has 1 heterocycles. The molecule has 0 bridgehead atoms. The molecule has 6 heteroatoms. The van der Waals surface area contributed by atoms with E-state index in [-0.39, 0.29) is 12.4 Å². The lowest BCUT2D eigenvalue weighted by atomic mass is 9.97. The van der Waals surface area contributed by atoms with Gasteiger partial charge >= 0.3 is 0 Å². The second-order valence-electron chi connectivity index (χ2n) is 7.72. The van der Waals surface area contributed by atoms with E-state index in [9.17, 15) is 9.50 Å². The van der Waals surface area contributed by atoms with E-state index in [0.717, 1.165) is 23.9 Å². The molecule has 0 aliphatic heterocycles. The van der Waals surface area contributed by atoms with Crippen molar-refractivity contribution < 1.29 is 18.8 Å². The largest absolute Gasteiger partial charge is 0.491 e. The first-order chi connectivity index (χ1) is 14.7. The molecule has 0 fully saturated rings. The molecule has 0 amide bonds. The number of hydrogen-bond acceptors (Lipinski definition) is 5. The van der Waals surface area contributed by atoms with Crippen LogP contribution >= 0.6 is 0 Å². The lowest BCUT2D eigenvalue weighted by Gasteiger charge is -2.15. The number of ether oxygens (including phenoxy) is 1. The zero-order chi connectivity index (χ0) is 20.8. The van der Waals surface area contributed by atoms with Crippen molar-refractivity contribution in [3.63, 3.8) is 0 Å². The molecule has 1 atom stereocenters. The van der Waals surface area contributed by atoms with Crippen LogP contribution in [0.25, 0.3) is 22.2 Å². The average molecular weight is 410 g/mol. The molecule has 1 aromatic heterocycles. The second-order valence-corrected chi connectivity index (χ2v) is 7.72. The fourth-order valence-electron chi connectivity index (χ4n) is 3.73. The summed E-state index contributed by atoms with van der Waals surface area (Å²) >= 11 is 0. The quantitative estimate of drug-likeness (QED) is 0.390. The van der Waals surface area contributed by atoms with Gasteiger partial charge in [0, 0.05) is 23.6 Å². The first-order valence-corrected chi connectivity index (χ1v) is 10.5. The topological polar surface area (TPSA) is 67.5 Å². The number of benzene rings is 2. The zero-order valence-corrected chi connectivity index (χ0v) is 16.9. The van der Waals surface area contributed by atoms with Gasteiger partial charge in [0.15, 0.2) is 5.58 Å². The van der Waals surface area contributed by atoms with Gasteiger partial charge in [0.2, 0.25) is 0 Å². The lowest BCUT2D eigenvalue weighted by molar-refractivity contribution is 0.106. The van der Waals surface area contributed by atoms with E-state index in [1.807, 2.05) is 24.3 Å². The van der Waals surface area contributed by atoms with Crippen molar-refractivity contribution in [2.24, 2.45) is 0 Å². The van der Waals surface area contributed by atoms with E-state index in [4.69, 9.17) is 9.26 Å². The van der Waals surface area contributed by atoms with E-state index < -0.39 is 6.10 Å². The summed E-state index contributed by atoms with van der Waals surface area (Å²) in [5.41, 5.74) is 3.46. The summed E-state index contributed by atoms with van der Waals surface area (Å²) in [6.07, 6.45) is 7.86. The number of allylic oxidation sites excluding steroid dienone is 1. The highest BCUT2D eigenvalue weighted by molar-refractivity contribution is 5.91. The van der Waals surface area contributed by atoms with Gasteiger partial charge in [0.25, 0.3) is 0 Å². The Morgan fingerprint density at radius 3 is 2.83 bits per heavy atom. The van der Waals surface area contributed by atoms with E-state index >= 15 is 0 Å². The first kappa shape index (κ1) is 20.6. The maximum atomic E-state index is 13.3. The Morgan fingerprint density at radius 1 is 1.17 bits per heavy atom. The van der Waals surface area contributed by atoms with Gasteiger partial charge in [-0.1, -0.05) is 16.8 Å². The maximum absolute atomic E-state index is 13.3. The Balaban J connectivity index is 1.24. The molecule has 2 aromatic carbocycles. The fraction of sp³-hybridized carbons (Fsp3) is 0.375. The number of fused-ring (bicyclic) bond motifs is 1. The van der Waals surface area contributed by atoms with Gasteiger partial charge in [-0.25, -0.2) is 4.39 Å². The van der Waals surface area contributed by atoms with Crippen LogP contribution < -0.4 is 10.1 Å². The molecule has 3 aromatic rings. The number of halogens is 1.